The number of anilines is 1. The van der Waals surface area contributed by atoms with Gasteiger partial charge in [-0.3, -0.25) is 0 Å². The maximum atomic E-state index is 7.02. The van der Waals surface area contributed by atoms with Gasteiger partial charge in [0.05, 0.1) is 16.7 Å². The van der Waals surface area contributed by atoms with Crippen molar-refractivity contribution in [2.24, 2.45) is 0 Å². The summed E-state index contributed by atoms with van der Waals surface area (Å²) in [5.41, 5.74) is 17.4. The van der Waals surface area contributed by atoms with Crippen LogP contribution in [-0.4, -0.2) is 4.57 Å². The second-order valence-electron chi connectivity index (χ2n) is 13.8. The molecule has 4 heterocycles. The Balaban J connectivity index is 1.28. The third kappa shape index (κ3) is 4.09. The largest absolute Gasteiger partial charge is 0.456 e. The number of para-hydroxylation sites is 2. The van der Waals surface area contributed by atoms with Crippen molar-refractivity contribution in [3.63, 3.8) is 0 Å². The monoisotopic (exact) mass is 712 g/mol. The SMILES string of the molecule is Nc1cc(-c2cccc3c2sc2ccccc23)c(-n2c3ccccc3c3cc4c(cc32)oc2ccccc24)c(-c2cccc3c2sc2ccccc23)c1. The highest BCUT2D eigenvalue weighted by molar-refractivity contribution is 7.26. The van der Waals surface area contributed by atoms with E-state index in [1.165, 1.54) is 62.2 Å². The summed E-state index contributed by atoms with van der Waals surface area (Å²) in [6.45, 7) is 0. The number of nitrogen functional groups attached to an aromatic ring is 1. The highest BCUT2D eigenvalue weighted by Crippen LogP contribution is 2.49. The average molecular weight is 713 g/mol. The van der Waals surface area contributed by atoms with Crippen LogP contribution in [-0.2, 0) is 0 Å². The van der Waals surface area contributed by atoms with Crippen molar-refractivity contribution in [2.75, 3.05) is 5.73 Å². The third-order valence-corrected chi connectivity index (χ3v) is 13.4. The molecule has 12 aromatic rings. The number of thiophene rings is 2. The van der Waals surface area contributed by atoms with Crippen LogP contribution in [0.4, 0.5) is 5.69 Å². The van der Waals surface area contributed by atoms with Gasteiger partial charge in [0, 0.05) is 95.9 Å². The molecule has 5 heteroatoms. The number of aromatic nitrogens is 1. The van der Waals surface area contributed by atoms with Crippen LogP contribution >= 0.6 is 22.7 Å². The van der Waals surface area contributed by atoms with Crippen LogP contribution in [0, 0.1) is 0 Å². The van der Waals surface area contributed by atoms with Crippen molar-refractivity contribution >= 4 is 112 Å². The molecule has 0 saturated heterocycles. The van der Waals surface area contributed by atoms with Crippen molar-refractivity contribution in [1.29, 1.82) is 0 Å². The molecule has 0 aliphatic heterocycles. The topological polar surface area (TPSA) is 44.1 Å². The van der Waals surface area contributed by atoms with Gasteiger partial charge in [-0.25, -0.2) is 0 Å². The van der Waals surface area contributed by atoms with E-state index >= 15 is 0 Å². The van der Waals surface area contributed by atoms with Gasteiger partial charge in [-0.15, -0.1) is 22.7 Å². The summed E-state index contributed by atoms with van der Waals surface area (Å²) in [7, 11) is 0. The van der Waals surface area contributed by atoms with Crippen LogP contribution < -0.4 is 5.73 Å². The molecule has 2 N–H and O–H groups in total. The van der Waals surface area contributed by atoms with Gasteiger partial charge in [0.25, 0.3) is 0 Å². The number of rotatable bonds is 3. The van der Waals surface area contributed by atoms with Crippen LogP contribution in [0.15, 0.2) is 162 Å². The molecule has 53 heavy (non-hydrogen) atoms. The van der Waals surface area contributed by atoms with Gasteiger partial charge in [-0.05, 0) is 42.5 Å². The highest BCUT2D eigenvalue weighted by atomic mass is 32.1. The van der Waals surface area contributed by atoms with E-state index < -0.39 is 0 Å². The molecule has 0 aliphatic carbocycles. The molecule has 0 unspecified atom stereocenters. The van der Waals surface area contributed by atoms with Gasteiger partial charge in [0.15, 0.2) is 0 Å². The summed E-state index contributed by atoms with van der Waals surface area (Å²) in [6, 6.07) is 56.9. The highest BCUT2D eigenvalue weighted by Gasteiger charge is 2.25. The minimum Gasteiger partial charge on any atom is -0.456 e. The van der Waals surface area contributed by atoms with Crippen molar-refractivity contribution in [3.05, 3.63) is 158 Å². The number of nitrogens with zero attached hydrogens (tertiary/aromatic N) is 1. The molecule has 0 bridgehead atoms. The van der Waals surface area contributed by atoms with E-state index in [1.54, 1.807) is 0 Å². The Morgan fingerprint density at radius 1 is 0.396 bits per heavy atom. The van der Waals surface area contributed by atoms with E-state index in [2.05, 4.69) is 156 Å². The normalized spacial score (nSPS) is 12.2. The first kappa shape index (κ1) is 29.2. The summed E-state index contributed by atoms with van der Waals surface area (Å²) >= 11 is 3.70. The fraction of sp³-hybridized carbons (Fsp3) is 0. The predicted octanol–water partition coefficient (Wildman–Crippen LogP) is 14.3. The Morgan fingerprint density at radius 3 is 1.60 bits per heavy atom. The number of hydrogen-bond donors (Lipinski definition) is 1. The maximum Gasteiger partial charge on any atom is 0.137 e. The molecule has 0 amide bonds. The van der Waals surface area contributed by atoms with E-state index in [-0.39, 0.29) is 0 Å². The fourth-order valence-electron chi connectivity index (χ4n) is 8.66. The first-order chi connectivity index (χ1) is 26.2. The molecule has 12 rings (SSSR count). The van der Waals surface area contributed by atoms with Crippen molar-refractivity contribution in [2.45, 2.75) is 0 Å². The molecule has 0 saturated carbocycles. The minimum atomic E-state index is 0.732. The van der Waals surface area contributed by atoms with Crippen molar-refractivity contribution in [1.82, 2.24) is 4.57 Å². The molecule has 248 valence electrons. The minimum absolute atomic E-state index is 0.732. The maximum absolute atomic E-state index is 7.02. The molecule has 0 aliphatic rings. The first-order valence-electron chi connectivity index (χ1n) is 17.8. The first-order valence-corrected chi connectivity index (χ1v) is 19.4. The lowest BCUT2D eigenvalue weighted by Gasteiger charge is -2.21. The zero-order valence-corrected chi connectivity index (χ0v) is 29.9. The molecule has 8 aromatic carbocycles. The number of nitrogens with two attached hydrogens (primary N) is 1. The Morgan fingerprint density at radius 2 is 0.943 bits per heavy atom. The lowest BCUT2D eigenvalue weighted by Crippen LogP contribution is -2.02. The van der Waals surface area contributed by atoms with E-state index in [0.29, 0.717) is 0 Å². The molecule has 0 radical (unpaired) electrons. The molecule has 0 fully saturated rings. The number of benzene rings is 8. The van der Waals surface area contributed by atoms with Crippen LogP contribution in [0.1, 0.15) is 0 Å². The molecule has 0 atom stereocenters. The molecule has 0 spiro atoms. The number of fused-ring (bicyclic) bond motifs is 12. The lowest BCUT2D eigenvalue weighted by atomic mass is 9.93. The van der Waals surface area contributed by atoms with E-state index in [1.807, 2.05) is 28.7 Å². The average Bonchev–Trinajstić information content (AvgIpc) is 3.95. The second-order valence-corrected chi connectivity index (χ2v) is 15.9. The summed E-state index contributed by atoms with van der Waals surface area (Å²) in [5, 5.41) is 9.71. The van der Waals surface area contributed by atoms with Crippen LogP contribution in [0.2, 0.25) is 0 Å². The molecule has 3 nitrogen and oxygen atoms in total. The Kier molecular flexibility index (Phi) is 5.96. The van der Waals surface area contributed by atoms with Gasteiger partial charge in [0.1, 0.15) is 11.2 Å². The van der Waals surface area contributed by atoms with Crippen LogP contribution in [0.25, 0.3) is 112 Å². The fourth-order valence-corrected chi connectivity index (χ4v) is 11.1. The third-order valence-electron chi connectivity index (χ3n) is 10.9. The smallest absolute Gasteiger partial charge is 0.137 e. The number of hydrogen-bond acceptors (Lipinski definition) is 4. The Hall–Kier alpha value is -6.40. The summed E-state index contributed by atoms with van der Waals surface area (Å²) < 4.78 is 14.1. The van der Waals surface area contributed by atoms with E-state index in [4.69, 9.17) is 10.2 Å². The van der Waals surface area contributed by atoms with Gasteiger partial charge in [-0.1, -0.05) is 109 Å². The quantitative estimate of drug-likeness (QED) is 0.185. The Bertz CT molecular complexity index is 3350. The van der Waals surface area contributed by atoms with Crippen molar-refractivity contribution < 1.29 is 4.42 Å². The molecular formula is C48H28N2OS2. The van der Waals surface area contributed by atoms with Crippen molar-refractivity contribution in [3.8, 4) is 27.9 Å². The summed E-state index contributed by atoms with van der Waals surface area (Å²) in [6.07, 6.45) is 0. The zero-order chi connectivity index (χ0) is 34.8. The predicted molar refractivity (Wildman–Crippen MR) is 229 cm³/mol. The van der Waals surface area contributed by atoms with Gasteiger partial charge >= 0.3 is 0 Å². The lowest BCUT2D eigenvalue weighted by molar-refractivity contribution is 0.669. The van der Waals surface area contributed by atoms with E-state index in [0.717, 1.165) is 55.5 Å². The van der Waals surface area contributed by atoms with Crippen LogP contribution in [0.3, 0.4) is 0 Å². The second kappa shape index (κ2) is 10.8. The van der Waals surface area contributed by atoms with Gasteiger partial charge < -0.3 is 14.7 Å². The standard InChI is InChI=1S/C48H28N2OS2/c49-27-23-38(34-17-9-15-32-30-13-3-7-21-44(30)52-47(32)34)46(39(24-27)35-18-10-16-33-31-14-4-8-22-45(31)53-48(33)35)50-40-19-5-1-11-28(40)36-25-37-29-12-2-6-20-42(29)51-43(37)26-41(36)50/h1-26H,49H2. The zero-order valence-electron chi connectivity index (χ0n) is 28.3. The van der Waals surface area contributed by atoms with Gasteiger partial charge in [0.2, 0.25) is 0 Å². The Labute approximate surface area is 311 Å². The molecule has 4 aromatic heterocycles. The number of furan rings is 1. The molecular weight excluding hydrogens is 685 g/mol. The van der Waals surface area contributed by atoms with Gasteiger partial charge in [-0.2, -0.15) is 0 Å². The van der Waals surface area contributed by atoms with Crippen LogP contribution in [0.5, 0.6) is 0 Å². The summed E-state index contributed by atoms with van der Waals surface area (Å²) in [4.78, 5) is 0. The van der Waals surface area contributed by atoms with E-state index in [9.17, 15) is 0 Å². The summed E-state index contributed by atoms with van der Waals surface area (Å²) in [5.74, 6) is 0.